The molecule has 86 valence electrons. The van der Waals surface area contributed by atoms with Crippen LogP contribution in [-0.2, 0) is 6.42 Å². The van der Waals surface area contributed by atoms with Crippen LogP contribution >= 0.6 is 11.6 Å². The molecule has 3 heteroatoms. The van der Waals surface area contributed by atoms with Gasteiger partial charge in [0, 0.05) is 35.5 Å². The number of nitrogens with zero attached hydrogens (tertiary/aromatic N) is 1. The highest BCUT2D eigenvalue weighted by molar-refractivity contribution is 6.34. The lowest BCUT2D eigenvalue weighted by molar-refractivity contribution is 1.26. The molecule has 0 bridgehead atoms. The molecule has 1 aromatic carbocycles. The van der Waals surface area contributed by atoms with E-state index in [9.17, 15) is 0 Å². The van der Waals surface area contributed by atoms with Crippen molar-refractivity contribution in [3.8, 4) is 0 Å². The van der Waals surface area contributed by atoms with Gasteiger partial charge in [0.15, 0.2) is 0 Å². The first-order valence-corrected chi connectivity index (χ1v) is 6.02. The van der Waals surface area contributed by atoms with Gasteiger partial charge < -0.3 is 5.32 Å². The number of hydrogen-bond acceptors (Lipinski definition) is 2. The molecule has 3 rings (SSSR count). The fourth-order valence-corrected chi connectivity index (χ4v) is 2.66. The van der Waals surface area contributed by atoms with Crippen LogP contribution in [0, 0.1) is 0 Å². The minimum absolute atomic E-state index is 0.632. The normalized spacial score (nSPS) is 18.2. The topological polar surface area (TPSA) is 24.4 Å². The second-order valence-corrected chi connectivity index (χ2v) is 4.93. The molecule has 0 saturated heterocycles. The highest BCUT2D eigenvalue weighted by Crippen LogP contribution is 2.35. The predicted molar refractivity (Wildman–Crippen MR) is 73.4 cm³/mol. The van der Waals surface area contributed by atoms with Crippen molar-refractivity contribution in [2.24, 2.45) is 4.99 Å². The first kappa shape index (κ1) is 10.6. The summed E-state index contributed by atoms with van der Waals surface area (Å²) in [5.74, 6) is 0. The van der Waals surface area contributed by atoms with Gasteiger partial charge in [0.2, 0.25) is 0 Å². The fourth-order valence-electron chi connectivity index (χ4n) is 2.34. The zero-order chi connectivity index (χ0) is 12.0. The minimum Gasteiger partial charge on any atom is -0.359 e. The first-order chi connectivity index (χ1) is 8.13. The van der Waals surface area contributed by atoms with Crippen LogP contribution in [0.5, 0.6) is 0 Å². The average molecular weight is 245 g/mol. The van der Waals surface area contributed by atoms with Gasteiger partial charge in [-0.2, -0.15) is 0 Å². The zero-order valence-electron chi connectivity index (χ0n) is 9.68. The van der Waals surface area contributed by atoms with Crippen molar-refractivity contribution >= 4 is 28.6 Å². The summed E-state index contributed by atoms with van der Waals surface area (Å²) in [5.41, 5.74) is 6.87. The van der Waals surface area contributed by atoms with E-state index in [0.29, 0.717) is 5.16 Å². The second-order valence-electron chi connectivity index (χ2n) is 4.57. The standard InChI is InChI=1S/C14H13ClN2/c1-8-5-11-7-10(3-4-13(11)16-8)12-6-9(2)17-14(12)15/h3-4,7,16H,1,5-6H2,2H3. The van der Waals surface area contributed by atoms with Crippen LogP contribution in [0.2, 0.25) is 0 Å². The molecule has 0 atom stereocenters. The largest absolute Gasteiger partial charge is 0.359 e. The summed E-state index contributed by atoms with van der Waals surface area (Å²) in [7, 11) is 0. The monoisotopic (exact) mass is 244 g/mol. The van der Waals surface area contributed by atoms with Gasteiger partial charge >= 0.3 is 0 Å². The molecular formula is C14H13ClN2. The molecule has 0 saturated carbocycles. The Labute approximate surface area is 106 Å². The van der Waals surface area contributed by atoms with E-state index in [4.69, 9.17) is 11.6 Å². The number of halogens is 1. The van der Waals surface area contributed by atoms with Crippen LogP contribution in [0.4, 0.5) is 5.69 Å². The van der Waals surface area contributed by atoms with Crippen LogP contribution in [0.3, 0.4) is 0 Å². The first-order valence-electron chi connectivity index (χ1n) is 5.64. The van der Waals surface area contributed by atoms with Gasteiger partial charge in [0.05, 0.1) is 0 Å². The second kappa shape index (κ2) is 3.74. The van der Waals surface area contributed by atoms with E-state index in [1.54, 1.807) is 0 Å². The SMILES string of the molecule is C=C1Cc2cc(C3=C(Cl)N=C(C)C3)ccc2N1. The fraction of sp³-hybridized carbons (Fsp3) is 0.214. The number of aliphatic imine (C=N–C) groups is 1. The summed E-state index contributed by atoms with van der Waals surface area (Å²) < 4.78 is 0. The van der Waals surface area contributed by atoms with E-state index >= 15 is 0 Å². The minimum atomic E-state index is 0.632. The summed E-state index contributed by atoms with van der Waals surface area (Å²) in [6.07, 6.45) is 1.75. The van der Waals surface area contributed by atoms with E-state index in [1.165, 1.54) is 11.1 Å². The van der Waals surface area contributed by atoms with E-state index in [2.05, 4.69) is 35.1 Å². The molecular weight excluding hydrogens is 232 g/mol. The Morgan fingerprint density at radius 1 is 1.35 bits per heavy atom. The molecule has 1 aromatic rings. The Morgan fingerprint density at radius 3 is 2.88 bits per heavy atom. The van der Waals surface area contributed by atoms with Crippen LogP contribution < -0.4 is 5.32 Å². The number of fused-ring (bicyclic) bond motifs is 1. The maximum Gasteiger partial charge on any atom is 0.133 e. The molecule has 2 aliphatic heterocycles. The van der Waals surface area contributed by atoms with E-state index < -0.39 is 0 Å². The van der Waals surface area contributed by atoms with E-state index in [-0.39, 0.29) is 0 Å². The molecule has 1 N–H and O–H groups in total. The van der Waals surface area contributed by atoms with E-state index in [1.807, 2.05) is 6.92 Å². The molecule has 2 nitrogen and oxygen atoms in total. The smallest absolute Gasteiger partial charge is 0.133 e. The molecule has 0 amide bonds. The molecule has 2 aliphatic rings. The van der Waals surface area contributed by atoms with Crippen molar-refractivity contribution in [1.29, 1.82) is 0 Å². The van der Waals surface area contributed by atoms with E-state index in [0.717, 1.165) is 35.5 Å². The van der Waals surface area contributed by atoms with Crippen molar-refractivity contribution in [3.05, 3.63) is 46.8 Å². The summed E-state index contributed by atoms with van der Waals surface area (Å²) in [6.45, 7) is 5.96. The molecule has 0 radical (unpaired) electrons. The summed E-state index contributed by atoms with van der Waals surface area (Å²) >= 11 is 6.15. The van der Waals surface area contributed by atoms with Gasteiger partial charge in [-0.25, -0.2) is 4.99 Å². The summed E-state index contributed by atoms with van der Waals surface area (Å²) in [5, 5.41) is 3.89. The molecule has 0 aliphatic carbocycles. The van der Waals surface area contributed by atoms with Crippen LogP contribution in [0.15, 0.2) is 40.6 Å². The zero-order valence-corrected chi connectivity index (χ0v) is 10.4. The Morgan fingerprint density at radius 2 is 2.18 bits per heavy atom. The van der Waals surface area contributed by atoms with Gasteiger partial charge in [-0.3, -0.25) is 0 Å². The molecule has 2 heterocycles. The molecule has 0 fully saturated rings. The Bertz CT molecular complexity index is 582. The Balaban J connectivity index is 2.00. The van der Waals surface area contributed by atoms with Crippen molar-refractivity contribution in [3.63, 3.8) is 0 Å². The van der Waals surface area contributed by atoms with Crippen molar-refractivity contribution in [2.75, 3.05) is 5.32 Å². The lowest BCUT2D eigenvalue weighted by Gasteiger charge is -2.05. The number of rotatable bonds is 1. The highest BCUT2D eigenvalue weighted by Gasteiger charge is 2.18. The quantitative estimate of drug-likeness (QED) is 0.744. The van der Waals surface area contributed by atoms with Crippen LogP contribution in [-0.4, -0.2) is 5.71 Å². The molecule has 0 aromatic heterocycles. The maximum atomic E-state index is 6.15. The van der Waals surface area contributed by atoms with Crippen LogP contribution in [0.25, 0.3) is 5.57 Å². The van der Waals surface area contributed by atoms with Crippen molar-refractivity contribution < 1.29 is 0 Å². The summed E-state index contributed by atoms with van der Waals surface area (Å²) in [6, 6.07) is 6.37. The molecule has 0 unspecified atom stereocenters. The van der Waals surface area contributed by atoms with Crippen molar-refractivity contribution in [2.45, 2.75) is 19.8 Å². The third-order valence-electron chi connectivity index (χ3n) is 3.14. The number of allylic oxidation sites excluding steroid dienone is 2. The highest BCUT2D eigenvalue weighted by atomic mass is 35.5. The molecule has 17 heavy (non-hydrogen) atoms. The molecule has 0 spiro atoms. The predicted octanol–water partition coefficient (Wildman–Crippen LogP) is 3.94. The third kappa shape index (κ3) is 1.79. The maximum absolute atomic E-state index is 6.15. The Kier molecular flexibility index (Phi) is 2.33. The number of anilines is 1. The van der Waals surface area contributed by atoms with Gasteiger partial charge in [0.25, 0.3) is 0 Å². The van der Waals surface area contributed by atoms with Gasteiger partial charge in [0.1, 0.15) is 5.16 Å². The van der Waals surface area contributed by atoms with Gasteiger partial charge in [-0.1, -0.05) is 24.2 Å². The number of benzene rings is 1. The number of nitrogens with one attached hydrogen (secondary N) is 1. The summed E-state index contributed by atoms with van der Waals surface area (Å²) in [4.78, 5) is 4.28. The number of hydrogen-bond donors (Lipinski definition) is 1. The van der Waals surface area contributed by atoms with Gasteiger partial charge in [-0.05, 0) is 30.2 Å². The van der Waals surface area contributed by atoms with Crippen LogP contribution in [0.1, 0.15) is 24.5 Å². The average Bonchev–Trinajstić information content (AvgIpc) is 2.78. The van der Waals surface area contributed by atoms with Crippen molar-refractivity contribution in [1.82, 2.24) is 0 Å². The third-order valence-corrected chi connectivity index (χ3v) is 3.45. The lowest BCUT2D eigenvalue weighted by Crippen LogP contribution is -1.90. The Hall–Kier alpha value is -1.54. The lowest BCUT2D eigenvalue weighted by atomic mass is 10.00. The van der Waals surface area contributed by atoms with Gasteiger partial charge in [-0.15, -0.1) is 0 Å².